The minimum atomic E-state index is -0.511. The molecule has 0 fully saturated rings. The molecule has 1 atom stereocenters. The second-order valence-corrected chi connectivity index (χ2v) is 7.19. The second-order valence-electron chi connectivity index (χ2n) is 5.44. The first-order valence-electron chi connectivity index (χ1n) is 7.63. The van der Waals surface area contributed by atoms with Crippen molar-refractivity contribution in [1.82, 2.24) is 14.9 Å². The van der Waals surface area contributed by atoms with Crippen LogP contribution < -0.4 is 11.2 Å². The number of hydrogen-bond donors (Lipinski definition) is 2. The van der Waals surface area contributed by atoms with Crippen molar-refractivity contribution in [2.24, 2.45) is 0 Å². The van der Waals surface area contributed by atoms with Crippen LogP contribution in [0.2, 0.25) is 5.02 Å². The quantitative estimate of drug-likeness (QED) is 0.513. The minimum Gasteiger partial charge on any atom is -0.335 e. The Bertz CT molecular complexity index is 931. The first kappa shape index (κ1) is 18.2. The van der Waals surface area contributed by atoms with Crippen LogP contribution in [0, 0.1) is 5.82 Å². The number of nitrogens with two attached hydrogens (primary N) is 1. The molecule has 26 heavy (non-hydrogen) atoms. The zero-order chi connectivity index (χ0) is 18.7. The topological polar surface area (TPSA) is 85.8 Å². The molecule has 6 nitrogen and oxygen atoms in total. The smallest absolute Gasteiger partial charge is 0.237 e. The highest BCUT2D eigenvalue weighted by Crippen LogP contribution is 2.26. The van der Waals surface area contributed by atoms with Crippen LogP contribution >= 0.6 is 23.4 Å². The molecule has 1 heterocycles. The molecule has 0 spiro atoms. The minimum absolute atomic E-state index is 0.295. The maximum Gasteiger partial charge on any atom is 0.237 e. The molecule has 134 valence electrons. The highest BCUT2D eigenvalue weighted by atomic mass is 35.5. The first-order valence-corrected chi connectivity index (χ1v) is 8.89. The SMILES string of the molecule is CC(Sc1nnc(-c2ccc(Cl)cc2)n1N)C(=O)Nc1cccc(F)c1. The molecule has 0 radical (unpaired) electrons. The number of halogens is 2. The molecule has 0 bridgehead atoms. The van der Waals surface area contributed by atoms with Crippen molar-refractivity contribution >= 4 is 35.0 Å². The maximum absolute atomic E-state index is 13.2. The molecule has 3 rings (SSSR count). The summed E-state index contributed by atoms with van der Waals surface area (Å²) >= 11 is 7.03. The van der Waals surface area contributed by atoms with E-state index in [1.165, 1.54) is 22.9 Å². The summed E-state index contributed by atoms with van der Waals surface area (Å²) in [6, 6.07) is 12.7. The van der Waals surface area contributed by atoms with Crippen LogP contribution in [0.25, 0.3) is 11.4 Å². The predicted octanol–water partition coefficient (Wildman–Crippen LogP) is 3.57. The van der Waals surface area contributed by atoms with Crippen molar-refractivity contribution < 1.29 is 9.18 Å². The average Bonchev–Trinajstić information content (AvgIpc) is 2.96. The van der Waals surface area contributed by atoms with E-state index in [-0.39, 0.29) is 5.91 Å². The summed E-state index contributed by atoms with van der Waals surface area (Å²) in [5, 5.41) is 11.2. The van der Waals surface area contributed by atoms with Crippen LogP contribution in [-0.4, -0.2) is 26.0 Å². The molecule has 0 aliphatic carbocycles. The molecule has 9 heteroatoms. The Morgan fingerprint density at radius 1 is 1.27 bits per heavy atom. The highest BCUT2D eigenvalue weighted by Gasteiger charge is 2.20. The van der Waals surface area contributed by atoms with Gasteiger partial charge in [-0.2, -0.15) is 0 Å². The van der Waals surface area contributed by atoms with Gasteiger partial charge in [0, 0.05) is 16.3 Å². The predicted molar refractivity (Wildman–Crippen MR) is 101 cm³/mol. The molecule has 1 unspecified atom stereocenters. The van der Waals surface area contributed by atoms with Crippen LogP contribution in [-0.2, 0) is 4.79 Å². The van der Waals surface area contributed by atoms with E-state index in [1.807, 2.05) is 0 Å². The molecular weight excluding hydrogens is 377 g/mol. The van der Waals surface area contributed by atoms with Crippen molar-refractivity contribution in [3.8, 4) is 11.4 Å². The number of aromatic nitrogens is 3. The molecule has 0 aliphatic heterocycles. The van der Waals surface area contributed by atoms with Crippen LogP contribution in [0.1, 0.15) is 6.92 Å². The van der Waals surface area contributed by atoms with Gasteiger partial charge in [-0.15, -0.1) is 10.2 Å². The Balaban J connectivity index is 1.70. The molecule has 3 N–H and O–H groups in total. The number of carbonyl (C=O) groups is 1. The summed E-state index contributed by atoms with van der Waals surface area (Å²) in [4.78, 5) is 12.3. The third-order valence-corrected chi connectivity index (χ3v) is 4.82. The van der Waals surface area contributed by atoms with Gasteiger partial charge in [-0.3, -0.25) is 4.79 Å². The summed E-state index contributed by atoms with van der Waals surface area (Å²) in [5.41, 5.74) is 1.15. The standard InChI is InChI=1S/C17H15ClFN5OS/c1-10(16(25)21-14-4-2-3-13(19)9-14)26-17-23-22-15(24(17)20)11-5-7-12(18)8-6-11/h2-10H,20H2,1H3,(H,21,25). The molecule has 0 saturated carbocycles. The van der Waals surface area contributed by atoms with Gasteiger partial charge >= 0.3 is 0 Å². The zero-order valence-electron chi connectivity index (χ0n) is 13.7. The Morgan fingerprint density at radius 3 is 2.69 bits per heavy atom. The molecule has 1 aromatic heterocycles. The molecule has 2 aromatic carbocycles. The van der Waals surface area contributed by atoms with E-state index in [9.17, 15) is 9.18 Å². The number of benzene rings is 2. The van der Waals surface area contributed by atoms with Crippen molar-refractivity contribution in [3.63, 3.8) is 0 Å². The fraction of sp³-hybridized carbons (Fsp3) is 0.118. The summed E-state index contributed by atoms with van der Waals surface area (Å²) in [6.45, 7) is 1.70. The summed E-state index contributed by atoms with van der Waals surface area (Å²) < 4.78 is 14.5. The average molecular weight is 392 g/mol. The van der Waals surface area contributed by atoms with E-state index < -0.39 is 11.1 Å². The maximum atomic E-state index is 13.2. The normalized spacial score (nSPS) is 12.0. The second kappa shape index (κ2) is 7.76. The number of nitrogens with one attached hydrogen (secondary N) is 1. The lowest BCUT2D eigenvalue weighted by Crippen LogP contribution is -2.23. The van der Waals surface area contributed by atoms with Gasteiger partial charge in [0.15, 0.2) is 5.82 Å². The van der Waals surface area contributed by atoms with Crippen molar-refractivity contribution in [3.05, 3.63) is 59.4 Å². The number of carbonyl (C=O) groups excluding carboxylic acids is 1. The lowest BCUT2D eigenvalue weighted by Gasteiger charge is -2.11. The van der Waals surface area contributed by atoms with Gasteiger partial charge in [-0.25, -0.2) is 9.07 Å². The van der Waals surface area contributed by atoms with E-state index in [0.29, 0.717) is 21.7 Å². The van der Waals surface area contributed by atoms with Crippen molar-refractivity contribution in [2.75, 3.05) is 11.2 Å². The lowest BCUT2D eigenvalue weighted by atomic mass is 10.2. The van der Waals surface area contributed by atoms with Crippen LogP contribution in [0.15, 0.2) is 53.7 Å². The summed E-state index contributed by atoms with van der Waals surface area (Å²) in [6.07, 6.45) is 0. The number of amides is 1. The number of hydrogen-bond acceptors (Lipinski definition) is 5. The van der Waals surface area contributed by atoms with Gasteiger partial charge in [-0.1, -0.05) is 29.4 Å². The van der Waals surface area contributed by atoms with Gasteiger partial charge in [0.1, 0.15) is 5.82 Å². The molecule has 0 aliphatic rings. The van der Waals surface area contributed by atoms with E-state index in [2.05, 4.69) is 15.5 Å². The molecule has 3 aromatic rings. The molecule has 1 amide bonds. The Kier molecular flexibility index (Phi) is 5.43. The number of anilines is 1. The van der Waals surface area contributed by atoms with E-state index >= 15 is 0 Å². The lowest BCUT2D eigenvalue weighted by molar-refractivity contribution is -0.115. The number of nitrogen functional groups attached to an aromatic ring is 1. The van der Waals surface area contributed by atoms with Gasteiger partial charge in [-0.05, 0) is 49.4 Å². The fourth-order valence-corrected chi connectivity index (χ4v) is 3.07. The van der Waals surface area contributed by atoms with Crippen molar-refractivity contribution in [1.29, 1.82) is 0 Å². The number of rotatable bonds is 5. The zero-order valence-corrected chi connectivity index (χ0v) is 15.3. The molecular formula is C17H15ClFN5OS. The van der Waals surface area contributed by atoms with Gasteiger partial charge in [0.2, 0.25) is 11.1 Å². The fourth-order valence-electron chi connectivity index (χ4n) is 2.17. The van der Waals surface area contributed by atoms with Gasteiger partial charge in [0.05, 0.1) is 5.25 Å². The summed E-state index contributed by atoms with van der Waals surface area (Å²) in [5.74, 6) is 5.80. The number of nitrogens with zero attached hydrogens (tertiary/aromatic N) is 3. The van der Waals surface area contributed by atoms with Crippen LogP contribution in [0.5, 0.6) is 0 Å². The van der Waals surface area contributed by atoms with Gasteiger partial charge in [0.25, 0.3) is 0 Å². The van der Waals surface area contributed by atoms with E-state index in [0.717, 1.165) is 17.3 Å². The van der Waals surface area contributed by atoms with Crippen LogP contribution in [0.3, 0.4) is 0 Å². The third kappa shape index (κ3) is 4.14. The van der Waals surface area contributed by atoms with E-state index in [1.54, 1.807) is 37.3 Å². The Hall–Kier alpha value is -2.58. The Morgan fingerprint density at radius 2 is 2.00 bits per heavy atom. The monoisotopic (exact) mass is 391 g/mol. The summed E-state index contributed by atoms with van der Waals surface area (Å²) in [7, 11) is 0. The Labute approximate surface area is 158 Å². The first-order chi connectivity index (χ1) is 12.4. The largest absolute Gasteiger partial charge is 0.335 e. The van der Waals surface area contributed by atoms with Crippen LogP contribution in [0.4, 0.5) is 10.1 Å². The number of thioether (sulfide) groups is 1. The third-order valence-electron chi connectivity index (χ3n) is 3.51. The van der Waals surface area contributed by atoms with Crippen molar-refractivity contribution in [2.45, 2.75) is 17.3 Å². The molecule has 0 saturated heterocycles. The highest BCUT2D eigenvalue weighted by molar-refractivity contribution is 8.00. The van der Waals surface area contributed by atoms with Gasteiger partial charge < -0.3 is 11.2 Å². The van der Waals surface area contributed by atoms with E-state index in [4.69, 9.17) is 17.4 Å².